The molecule has 0 aliphatic rings. The van der Waals surface area contributed by atoms with E-state index in [0.29, 0.717) is 35.2 Å². The number of hydrogen-bond acceptors (Lipinski definition) is 4. The standard InChI is InChI=1S/C20H18ClFN4O/c1-13-12-18(19(27)23-11-10-14-4-2-3-5-17(14)22)26-20(24-13)25-16-8-6-15(21)7-9-16/h2-9,12H,10-11H2,1H3,(H,23,27)(H,24,25,26). The van der Waals surface area contributed by atoms with Crippen LogP contribution in [-0.4, -0.2) is 22.4 Å². The lowest BCUT2D eigenvalue weighted by atomic mass is 10.1. The molecule has 5 nitrogen and oxygen atoms in total. The molecule has 2 N–H and O–H groups in total. The number of nitrogens with zero attached hydrogens (tertiary/aromatic N) is 2. The summed E-state index contributed by atoms with van der Waals surface area (Å²) in [5, 5.41) is 6.43. The van der Waals surface area contributed by atoms with E-state index in [1.807, 2.05) is 0 Å². The molecule has 138 valence electrons. The van der Waals surface area contributed by atoms with Crippen LogP contribution < -0.4 is 10.6 Å². The summed E-state index contributed by atoms with van der Waals surface area (Å²) in [6.07, 6.45) is 0.401. The quantitative estimate of drug-likeness (QED) is 0.665. The van der Waals surface area contributed by atoms with Crippen molar-refractivity contribution < 1.29 is 9.18 Å². The van der Waals surface area contributed by atoms with Gasteiger partial charge in [-0.15, -0.1) is 0 Å². The molecule has 2 aromatic carbocycles. The van der Waals surface area contributed by atoms with Crippen LogP contribution in [0, 0.1) is 12.7 Å². The Balaban J connectivity index is 1.65. The van der Waals surface area contributed by atoms with Gasteiger partial charge in [-0.3, -0.25) is 4.79 Å². The molecule has 1 aromatic heterocycles. The Bertz CT molecular complexity index is 947. The molecule has 0 saturated carbocycles. The van der Waals surface area contributed by atoms with E-state index in [0.717, 1.165) is 5.69 Å². The normalized spacial score (nSPS) is 10.5. The maximum Gasteiger partial charge on any atom is 0.270 e. The number of hydrogen-bond donors (Lipinski definition) is 2. The molecule has 0 aliphatic carbocycles. The van der Waals surface area contributed by atoms with Crippen molar-refractivity contribution in [3.05, 3.63) is 82.4 Å². The monoisotopic (exact) mass is 384 g/mol. The number of aryl methyl sites for hydroxylation is 1. The van der Waals surface area contributed by atoms with Gasteiger partial charge in [-0.1, -0.05) is 29.8 Å². The van der Waals surface area contributed by atoms with Gasteiger partial charge in [0.2, 0.25) is 5.95 Å². The van der Waals surface area contributed by atoms with Gasteiger partial charge in [0.15, 0.2) is 0 Å². The Morgan fingerprint density at radius 2 is 1.85 bits per heavy atom. The smallest absolute Gasteiger partial charge is 0.270 e. The average Bonchev–Trinajstić information content (AvgIpc) is 2.64. The molecule has 0 radical (unpaired) electrons. The van der Waals surface area contributed by atoms with Crippen molar-refractivity contribution in [2.45, 2.75) is 13.3 Å². The van der Waals surface area contributed by atoms with Gasteiger partial charge in [-0.25, -0.2) is 14.4 Å². The number of anilines is 2. The van der Waals surface area contributed by atoms with Crippen molar-refractivity contribution in [3.8, 4) is 0 Å². The van der Waals surface area contributed by atoms with Crippen molar-refractivity contribution >= 4 is 29.1 Å². The minimum absolute atomic E-state index is 0.243. The van der Waals surface area contributed by atoms with Gasteiger partial charge in [0.05, 0.1) is 0 Å². The minimum atomic E-state index is -0.337. The van der Waals surface area contributed by atoms with E-state index in [9.17, 15) is 9.18 Å². The number of rotatable bonds is 6. The van der Waals surface area contributed by atoms with E-state index in [4.69, 9.17) is 11.6 Å². The summed E-state index contributed by atoms with van der Waals surface area (Å²) in [6.45, 7) is 2.09. The van der Waals surface area contributed by atoms with Gasteiger partial charge in [0, 0.05) is 22.9 Å². The van der Waals surface area contributed by atoms with E-state index < -0.39 is 0 Å². The fraction of sp³-hybridized carbons (Fsp3) is 0.150. The molecule has 7 heteroatoms. The number of amides is 1. The Hall–Kier alpha value is -2.99. The highest BCUT2D eigenvalue weighted by Crippen LogP contribution is 2.17. The number of carbonyl (C=O) groups is 1. The van der Waals surface area contributed by atoms with Gasteiger partial charge < -0.3 is 10.6 Å². The van der Waals surface area contributed by atoms with Crippen molar-refractivity contribution in [2.24, 2.45) is 0 Å². The van der Waals surface area contributed by atoms with Crippen LogP contribution in [0.5, 0.6) is 0 Å². The third-order valence-electron chi connectivity index (χ3n) is 3.82. The highest BCUT2D eigenvalue weighted by atomic mass is 35.5. The molecule has 0 atom stereocenters. The summed E-state index contributed by atoms with van der Waals surface area (Å²) >= 11 is 5.87. The van der Waals surface area contributed by atoms with Gasteiger partial charge >= 0.3 is 0 Å². The second-order valence-electron chi connectivity index (χ2n) is 5.95. The molecule has 0 unspecified atom stereocenters. The SMILES string of the molecule is Cc1cc(C(=O)NCCc2ccccc2F)nc(Nc2ccc(Cl)cc2)n1. The van der Waals surface area contributed by atoms with Crippen LogP contribution in [0.15, 0.2) is 54.6 Å². The van der Waals surface area contributed by atoms with Crippen LogP contribution in [0.1, 0.15) is 21.7 Å². The predicted octanol–water partition coefficient (Wildman–Crippen LogP) is 4.29. The van der Waals surface area contributed by atoms with Gasteiger partial charge in [-0.2, -0.15) is 0 Å². The molecule has 0 aliphatic heterocycles. The molecule has 1 heterocycles. The molecular weight excluding hydrogens is 367 g/mol. The third-order valence-corrected chi connectivity index (χ3v) is 4.08. The lowest BCUT2D eigenvalue weighted by molar-refractivity contribution is 0.0949. The summed E-state index contributed by atoms with van der Waals surface area (Å²) in [6, 6.07) is 15.2. The zero-order valence-corrected chi connectivity index (χ0v) is 15.4. The molecule has 1 amide bonds. The number of carbonyl (C=O) groups excluding carboxylic acids is 1. The van der Waals surface area contributed by atoms with Crippen LogP contribution in [0.3, 0.4) is 0 Å². The first kappa shape index (κ1) is 18.8. The van der Waals surface area contributed by atoms with Crippen molar-refractivity contribution in [1.82, 2.24) is 15.3 Å². The first-order valence-electron chi connectivity index (χ1n) is 8.41. The van der Waals surface area contributed by atoms with Crippen LogP contribution >= 0.6 is 11.6 Å². The Labute approximate surface area is 161 Å². The Morgan fingerprint density at radius 3 is 2.59 bits per heavy atom. The molecule has 0 fully saturated rings. The van der Waals surface area contributed by atoms with Crippen LogP contribution in [-0.2, 0) is 6.42 Å². The predicted molar refractivity (Wildman–Crippen MR) is 104 cm³/mol. The van der Waals surface area contributed by atoms with Crippen LogP contribution in [0.4, 0.5) is 16.0 Å². The van der Waals surface area contributed by atoms with Crippen molar-refractivity contribution in [1.29, 1.82) is 0 Å². The second-order valence-corrected chi connectivity index (χ2v) is 6.38. The van der Waals surface area contributed by atoms with E-state index >= 15 is 0 Å². The first-order chi connectivity index (χ1) is 13.0. The number of benzene rings is 2. The highest BCUT2D eigenvalue weighted by Gasteiger charge is 2.11. The average molecular weight is 385 g/mol. The molecular formula is C20H18ClFN4O. The number of nitrogens with one attached hydrogen (secondary N) is 2. The van der Waals surface area contributed by atoms with E-state index in [1.54, 1.807) is 55.5 Å². The number of aromatic nitrogens is 2. The Morgan fingerprint density at radius 1 is 1.11 bits per heavy atom. The maximum absolute atomic E-state index is 13.6. The molecule has 27 heavy (non-hydrogen) atoms. The molecule has 3 aromatic rings. The van der Waals surface area contributed by atoms with Crippen molar-refractivity contribution in [3.63, 3.8) is 0 Å². The van der Waals surface area contributed by atoms with E-state index in [-0.39, 0.29) is 17.4 Å². The zero-order chi connectivity index (χ0) is 19.2. The topological polar surface area (TPSA) is 66.9 Å². The summed E-state index contributed by atoms with van der Waals surface area (Å²) in [5.41, 5.74) is 2.21. The van der Waals surface area contributed by atoms with E-state index in [1.165, 1.54) is 6.07 Å². The van der Waals surface area contributed by atoms with E-state index in [2.05, 4.69) is 20.6 Å². The summed E-state index contributed by atoms with van der Waals surface area (Å²) < 4.78 is 13.6. The van der Waals surface area contributed by atoms with Gasteiger partial charge in [-0.05, 0) is 55.3 Å². The molecule has 3 rings (SSSR count). The zero-order valence-electron chi connectivity index (χ0n) is 14.7. The number of halogens is 2. The molecule has 0 bridgehead atoms. The van der Waals surface area contributed by atoms with Gasteiger partial charge in [0.1, 0.15) is 11.5 Å². The summed E-state index contributed by atoms with van der Waals surface area (Å²) in [4.78, 5) is 20.9. The summed E-state index contributed by atoms with van der Waals surface area (Å²) in [7, 11) is 0. The lowest BCUT2D eigenvalue weighted by Crippen LogP contribution is -2.27. The lowest BCUT2D eigenvalue weighted by Gasteiger charge is -2.09. The second kappa shape index (κ2) is 8.60. The van der Waals surface area contributed by atoms with Gasteiger partial charge in [0.25, 0.3) is 5.91 Å². The molecule has 0 saturated heterocycles. The van der Waals surface area contributed by atoms with Crippen LogP contribution in [0.2, 0.25) is 5.02 Å². The minimum Gasteiger partial charge on any atom is -0.350 e. The fourth-order valence-corrected chi connectivity index (χ4v) is 2.63. The maximum atomic E-state index is 13.6. The highest BCUT2D eigenvalue weighted by molar-refractivity contribution is 6.30. The fourth-order valence-electron chi connectivity index (χ4n) is 2.51. The van der Waals surface area contributed by atoms with Crippen molar-refractivity contribution in [2.75, 3.05) is 11.9 Å². The first-order valence-corrected chi connectivity index (χ1v) is 8.79. The molecule has 0 spiro atoms. The largest absolute Gasteiger partial charge is 0.350 e. The summed E-state index contributed by atoms with van der Waals surface area (Å²) in [5.74, 6) is -0.299. The Kier molecular flexibility index (Phi) is 5.98. The van der Waals surface area contributed by atoms with Crippen LogP contribution in [0.25, 0.3) is 0 Å². The third kappa shape index (κ3) is 5.24.